The smallest absolute Gasteiger partial charge is 0.265 e. The lowest BCUT2D eigenvalue weighted by Gasteiger charge is -2.37. The van der Waals surface area contributed by atoms with Gasteiger partial charge in [-0.15, -0.1) is 11.3 Å². The minimum Gasteiger partial charge on any atom is -0.386 e. The molecule has 132 valence electrons. The number of hydrogen-bond donors (Lipinski definition) is 2. The summed E-state index contributed by atoms with van der Waals surface area (Å²) < 4.78 is 5.28. The van der Waals surface area contributed by atoms with Gasteiger partial charge in [-0.1, -0.05) is 18.2 Å². The van der Waals surface area contributed by atoms with Gasteiger partial charge in [0.2, 0.25) is 5.91 Å². The second kappa shape index (κ2) is 7.77. The number of anilines is 1. The Bertz CT molecular complexity index is 730. The van der Waals surface area contributed by atoms with Crippen LogP contribution >= 0.6 is 11.3 Å². The first-order valence-corrected chi connectivity index (χ1v) is 8.98. The molecule has 0 spiro atoms. The van der Waals surface area contributed by atoms with E-state index < -0.39 is 12.1 Å². The van der Waals surface area contributed by atoms with E-state index in [1.165, 1.54) is 11.3 Å². The number of morpholine rings is 1. The van der Waals surface area contributed by atoms with Gasteiger partial charge in [-0.05, 0) is 36.1 Å². The second-order valence-corrected chi connectivity index (χ2v) is 6.71. The molecule has 25 heavy (non-hydrogen) atoms. The molecule has 7 heteroatoms. The zero-order valence-electron chi connectivity index (χ0n) is 13.8. The highest BCUT2D eigenvalue weighted by molar-refractivity contribution is 7.12. The van der Waals surface area contributed by atoms with Gasteiger partial charge in [0.05, 0.1) is 17.5 Å². The molecule has 1 fully saturated rings. The summed E-state index contributed by atoms with van der Waals surface area (Å²) >= 11 is 1.38. The standard InChI is InChI=1S/C18H20N2O4S/c1-2-20-14(10-24-11-16(20)21)17(22)12-5-7-13(8-6-12)19-18(23)15-4-3-9-25-15/h3-9,14,17,22H,2,10-11H2,1H3,(H,19,23). The van der Waals surface area contributed by atoms with Crippen molar-refractivity contribution >= 4 is 28.8 Å². The summed E-state index contributed by atoms with van der Waals surface area (Å²) in [7, 11) is 0. The molecule has 1 aromatic heterocycles. The fourth-order valence-electron chi connectivity index (χ4n) is 2.88. The molecule has 0 bridgehead atoms. The first-order chi connectivity index (χ1) is 12.1. The van der Waals surface area contributed by atoms with Gasteiger partial charge in [-0.3, -0.25) is 9.59 Å². The summed E-state index contributed by atoms with van der Waals surface area (Å²) in [4.78, 5) is 26.2. The van der Waals surface area contributed by atoms with Crippen molar-refractivity contribution in [2.75, 3.05) is 25.1 Å². The zero-order valence-corrected chi connectivity index (χ0v) is 14.7. The van der Waals surface area contributed by atoms with Crippen LogP contribution in [0.5, 0.6) is 0 Å². The van der Waals surface area contributed by atoms with Crippen LogP contribution in [0.25, 0.3) is 0 Å². The van der Waals surface area contributed by atoms with E-state index in [4.69, 9.17) is 4.74 Å². The minimum atomic E-state index is -0.841. The molecule has 2 atom stereocenters. The number of thiophene rings is 1. The number of carbonyl (C=O) groups excluding carboxylic acids is 2. The molecule has 1 saturated heterocycles. The second-order valence-electron chi connectivity index (χ2n) is 5.76. The molecule has 6 nitrogen and oxygen atoms in total. The Kier molecular flexibility index (Phi) is 5.47. The van der Waals surface area contributed by atoms with Gasteiger partial charge >= 0.3 is 0 Å². The molecule has 1 aliphatic rings. The Morgan fingerprint density at radius 1 is 1.40 bits per heavy atom. The van der Waals surface area contributed by atoms with E-state index in [1.54, 1.807) is 35.2 Å². The van der Waals surface area contributed by atoms with Gasteiger partial charge in [-0.2, -0.15) is 0 Å². The van der Waals surface area contributed by atoms with Crippen LogP contribution in [0.1, 0.15) is 28.3 Å². The molecule has 0 aliphatic carbocycles. The third kappa shape index (κ3) is 3.89. The Hall–Kier alpha value is -2.22. The lowest BCUT2D eigenvalue weighted by molar-refractivity contribution is -0.153. The summed E-state index contributed by atoms with van der Waals surface area (Å²) in [5, 5.41) is 15.3. The van der Waals surface area contributed by atoms with E-state index in [0.29, 0.717) is 29.3 Å². The lowest BCUT2D eigenvalue weighted by Crippen LogP contribution is -2.51. The van der Waals surface area contributed by atoms with Gasteiger partial charge in [0.25, 0.3) is 5.91 Å². The fourth-order valence-corrected chi connectivity index (χ4v) is 3.50. The van der Waals surface area contributed by atoms with Gasteiger partial charge in [-0.25, -0.2) is 0 Å². The average molecular weight is 360 g/mol. The predicted octanol–water partition coefficient (Wildman–Crippen LogP) is 2.28. The van der Waals surface area contributed by atoms with Crippen LogP contribution in [0.3, 0.4) is 0 Å². The first-order valence-electron chi connectivity index (χ1n) is 8.10. The maximum absolute atomic E-state index is 12.0. The summed E-state index contributed by atoms with van der Waals surface area (Å²) in [6.45, 7) is 2.77. The number of benzene rings is 1. The van der Waals surface area contributed by atoms with Crippen molar-refractivity contribution < 1.29 is 19.4 Å². The molecule has 1 aromatic carbocycles. The molecular formula is C18H20N2O4S. The third-order valence-corrected chi connectivity index (χ3v) is 5.06. The molecule has 1 aliphatic heterocycles. The highest BCUT2D eigenvalue weighted by Crippen LogP contribution is 2.25. The maximum Gasteiger partial charge on any atom is 0.265 e. The number of nitrogens with zero attached hydrogens (tertiary/aromatic N) is 1. The van der Waals surface area contributed by atoms with Crippen LogP contribution in [0.4, 0.5) is 5.69 Å². The quantitative estimate of drug-likeness (QED) is 0.857. The number of carbonyl (C=O) groups is 2. The monoisotopic (exact) mass is 360 g/mol. The molecule has 0 radical (unpaired) electrons. The van der Waals surface area contributed by atoms with Gasteiger partial charge < -0.3 is 20.1 Å². The molecule has 0 saturated carbocycles. The molecule has 2 N–H and O–H groups in total. The van der Waals surface area contributed by atoms with Crippen molar-refractivity contribution in [3.8, 4) is 0 Å². The van der Waals surface area contributed by atoms with Crippen molar-refractivity contribution in [2.45, 2.75) is 19.1 Å². The molecule has 2 amide bonds. The van der Waals surface area contributed by atoms with E-state index in [9.17, 15) is 14.7 Å². The van der Waals surface area contributed by atoms with Crippen LogP contribution in [0, 0.1) is 0 Å². The Balaban J connectivity index is 1.69. The highest BCUT2D eigenvalue weighted by Gasteiger charge is 2.33. The SMILES string of the molecule is CCN1C(=O)COCC1C(O)c1ccc(NC(=O)c2cccs2)cc1. The number of nitrogens with one attached hydrogen (secondary N) is 1. The van der Waals surface area contributed by atoms with Crippen LogP contribution in [-0.4, -0.2) is 47.6 Å². The number of hydrogen-bond acceptors (Lipinski definition) is 5. The Morgan fingerprint density at radius 2 is 2.16 bits per heavy atom. The van der Waals surface area contributed by atoms with Crippen molar-refractivity contribution in [1.29, 1.82) is 0 Å². The minimum absolute atomic E-state index is 0.0603. The molecule has 2 aromatic rings. The van der Waals surface area contributed by atoms with Gasteiger partial charge in [0, 0.05) is 12.2 Å². The Morgan fingerprint density at radius 3 is 2.80 bits per heavy atom. The number of aliphatic hydroxyl groups excluding tert-OH is 1. The molecule has 2 unspecified atom stereocenters. The van der Waals surface area contributed by atoms with Gasteiger partial charge in [0.15, 0.2) is 0 Å². The Labute approximate surface area is 150 Å². The van der Waals surface area contributed by atoms with E-state index in [-0.39, 0.29) is 18.4 Å². The normalized spacial score (nSPS) is 18.9. The number of rotatable bonds is 5. The van der Waals surface area contributed by atoms with Crippen molar-refractivity contribution in [1.82, 2.24) is 4.90 Å². The van der Waals surface area contributed by atoms with Crippen molar-refractivity contribution in [3.63, 3.8) is 0 Å². The lowest BCUT2D eigenvalue weighted by atomic mass is 10.00. The number of amides is 2. The van der Waals surface area contributed by atoms with E-state index in [1.807, 2.05) is 18.4 Å². The number of likely N-dealkylation sites (N-methyl/N-ethyl adjacent to an activating group) is 1. The number of aliphatic hydroxyl groups is 1. The summed E-state index contributed by atoms with van der Waals surface area (Å²) in [5.74, 6) is -0.274. The van der Waals surface area contributed by atoms with Gasteiger partial charge in [0.1, 0.15) is 12.7 Å². The molecule has 3 rings (SSSR count). The van der Waals surface area contributed by atoms with E-state index in [2.05, 4.69) is 5.32 Å². The maximum atomic E-state index is 12.0. The van der Waals surface area contributed by atoms with Crippen molar-refractivity contribution in [2.24, 2.45) is 0 Å². The fraction of sp³-hybridized carbons (Fsp3) is 0.333. The average Bonchev–Trinajstić information content (AvgIpc) is 3.16. The summed E-state index contributed by atoms with van der Waals surface area (Å²) in [6.07, 6.45) is -0.841. The largest absolute Gasteiger partial charge is 0.386 e. The van der Waals surface area contributed by atoms with E-state index in [0.717, 1.165) is 0 Å². The van der Waals surface area contributed by atoms with Crippen molar-refractivity contribution in [3.05, 3.63) is 52.2 Å². The van der Waals surface area contributed by atoms with E-state index >= 15 is 0 Å². The third-order valence-electron chi connectivity index (χ3n) is 4.20. The van der Waals surface area contributed by atoms with Crippen LogP contribution in [0.2, 0.25) is 0 Å². The summed E-state index contributed by atoms with van der Waals surface area (Å²) in [5.41, 5.74) is 1.33. The predicted molar refractivity (Wildman–Crippen MR) is 95.7 cm³/mol. The first kappa shape index (κ1) is 17.6. The molecule has 2 heterocycles. The molecular weight excluding hydrogens is 340 g/mol. The zero-order chi connectivity index (χ0) is 17.8. The topological polar surface area (TPSA) is 78.9 Å². The van der Waals surface area contributed by atoms with Crippen LogP contribution < -0.4 is 5.32 Å². The summed E-state index contributed by atoms with van der Waals surface area (Å²) in [6, 6.07) is 10.2. The van der Waals surface area contributed by atoms with Crippen LogP contribution in [0.15, 0.2) is 41.8 Å². The van der Waals surface area contributed by atoms with Crippen LogP contribution in [-0.2, 0) is 9.53 Å². The highest BCUT2D eigenvalue weighted by atomic mass is 32.1. The number of ether oxygens (including phenoxy) is 1.